The molecule has 0 aliphatic carbocycles. The number of hydrogen-bond donors (Lipinski definition) is 2. The Morgan fingerprint density at radius 3 is 2.68 bits per heavy atom. The Morgan fingerprint density at radius 1 is 1.41 bits per heavy atom. The molecule has 1 heterocycles. The summed E-state index contributed by atoms with van der Waals surface area (Å²) in [5.41, 5.74) is 0.550. The first kappa shape index (κ1) is 16.1. The highest BCUT2D eigenvalue weighted by Gasteiger charge is 2.21. The maximum atomic E-state index is 12.9. The molecule has 8 heteroatoms. The first-order chi connectivity index (χ1) is 10.6. The summed E-state index contributed by atoms with van der Waals surface area (Å²) >= 11 is 0. The van der Waals surface area contributed by atoms with E-state index in [0.29, 0.717) is 5.56 Å². The Hall–Kier alpha value is -2.32. The van der Waals surface area contributed by atoms with Crippen LogP contribution in [0.15, 0.2) is 24.3 Å². The van der Waals surface area contributed by atoms with E-state index in [0.717, 1.165) is 0 Å². The fourth-order valence-electron chi connectivity index (χ4n) is 1.95. The lowest BCUT2D eigenvalue weighted by Crippen LogP contribution is -2.15. The summed E-state index contributed by atoms with van der Waals surface area (Å²) in [7, 11) is 0. The highest BCUT2D eigenvalue weighted by Crippen LogP contribution is 2.17. The number of hydrogen-bond acceptors (Lipinski definition) is 6. The van der Waals surface area contributed by atoms with Gasteiger partial charge in [0.2, 0.25) is 0 Å². The van der Waals surface area contributed by atoms with Crippen LogP contribution in [0.4, 0.5) is 4.39 Å². The van der Waals surface area contributed by atoms with Gasteiger partial charge in [-0.1, -0.05) is 17.3 Å². The second-order valence-electron chi connectivity index (χ2n) is 4.51. The highest BCUT2D eigenvalue weighted by atomic mass is 19.1. The lowest BCUT2D eigenvalue weighted by Gasteiger charge is -2.12. The number of ether oxygens (including phenoxy) is 1. The Morgan fingerprint density at radius 2 is 2.09 bits per heavy atom. The molecule has 1 aromatic heterocycles. The minimum atomic E-state index is -0.984. The van der Waals surface area contributed by atoms with Gasteiger partial charge in [0, 0.05) is 0 Å². The van der Waals surface area contributed by atoms with Gasteiger partial charge in [-0.3, -0.25) is 0 Å². The minimum Gasteiger partial charge on any atom is -0.461 e. The topological polar surface area (TPSA) is 97.5 Å². The number of halogens is 1. The monoisotopic (exact) mass is 309 g/mol. The van der Waals surface area contributed by atoms with Crippen molar-refractivity contribution in [2.75, 3.05) is 6.61 Å². The van der Waals surface area contributed by atoms with Crippen LogP contribution in [0.3, 0.4) is 0 Å². The lowest BCUT2D eigenvalue weighted by atomic mass is 10.1. The number of benzene rings is 1. The van der Waals surface area contributed by atoms with E-state index in [1.807, 2.05) is 0 Å². The fourth-order valence-corrected chi connectivity index (χ4v) is 1.95. The van der Waals surface area contributed by atoms with Gasteiger partial charge in [0.15, 0.2) is 5.69 Å². The predicted molar refractivity (Wildman–Crippen MR) is 73.3 cm³/mol. The number of aromatic nitrogens is 3. The van der Waals surface area contributed by atoms with Gasteiger partial charge in [-0.25, -0.2) is 13.9 Å². The maximum Gasteiger partial charge on any atom is 0.360 e. The number of aliphatic hydroxyl groups excluding tert-OH is 2. The van der Waals surface area contributed by atoms with Crippen LogP contribution in [-0.2, 0) is 17.9 Å². The van der Waals surface area contributed by atoms with Crippen LogP contribution in [0.1, 0.15) is 34.8 Å². The molecule has 0 fully saturated rings. The Labute approximate surface area is 126 Å². The van der Waals surface area contributed by atoms with Gasteiger partial charge >= 0.3 is 5.97 Å². The van der Waals surface area contributed by atoms with Crippen molar-refractivity contribution < 1.29 is 24.1 Å². The number of carbonyl (C=O) groups excluding carboxylic acids is 1. The molecule has 2 aromatic rings. The first-order valence-electron chi connectivity index (χ1n) is 6.70. The zero-order valence-corrected chi connectivity index (χ0v) is 11.9. The molecule has 22 heavy (non-hydrogen) atoms. The summed E-state index contributed by atoms with van der Waals surface area (Å²) in [4.78, 5) is 11.7. The highest BCUT2D eigenvalue weighted by molar-refractivity contribution is 5.88. The van der Waals surface area contributed by atoms with Gasteiger partial charge in [0.25, 0.3) is 0 Å². The van der Waals surface area contributed by atoms with Crippen molar-refractivity contribution in [2.24, 2.45) is 0 Å². The third kappa shape index (κ3) is 3.46. The molecule has 0 aliphatic heterocycles. The summed E-state index contributed by atoms with van der Waals surface area (Å²) < 4.78 is 18.9. The standard InChI is InChI=1S/C14H16FN3O4/c1-2-22-14(21)13-11(8-19)18(17-16-13)7-12(20)9-3-5-10(15)6-4-9/h3-6,12,19-20H,2,7-8H2,1H3. The maximum absolute atomic E-state index is 12.9. The van der Waals surface area contributed by atoms with Crippen LogP contribution in [0.2, 0.25) is 0 Å². The van der Waals surface area contributed by atoms with E-state index in [-0.39, 0.29) is 24.5 Å². The zero-order chi connectivity index (χ0) is 16.1. The van der Waals surface area contributed by atoms with Crippen molar-refractivity contribution in [3.05, 3.63) is 47.0 Å². The van der Waals surface area contributed by atoms with Gasteiger partial charge in [-0.05, 0) is 24.6 Å². The van der Waals surface area contributed by atoms with E-state index in [4.69, 9.17) is 4.74 Å². The summed E-state index contributed by atoms with van der Waals surface area (Å²) in [6, 6.07) is 5.36. The average molecular weight is 309 g/mol. The van der Waals surface area contributed by atoms with E-state index < -0.39 is 24.5 Å². The molecule has 0 bridgehead atoms. The van der Waals surface area contributed by atoms with Crippen LogP contribution in [0.25, 0.3) is 0 Å². The quantitative estimate of drug-likeness (QED) is 0.767. The Bertz CT molecular complexity index is 642. The normalized spacial score (nSPS) is 12.2. The molecule has 0 saturated carbocycles. The van der Waals surface area contributed by atoms with Gasteiger partial charge in [0.1, 0.15) is 5.82 Å². The summed E-state index contributed by atoms with van der Waals surface area (Å²) in [6.45, 7) is 1.32. The molecule has 2 rings (SSSR count). The van der Waals surface area contributed by atoms with E-state index in [1.54, 1.807) is 6.92 Å². The SMILES string of the molecule is CCOC(=O)c1nnn(CC(O)c2ccc(F)cc2)c1CO. The molecule has 0 spiro atoms. The summed E-state index contributed by atoms with van der Waals surface area (Å²) in [5.74, 6) is -1.09. The van der Waals surface area contributed by atoms with E-state index in [1.165, 1.54) is 28.9 Å². The second kappa shape index (κ2) is 7.10. The predicted octanol–water partition coefficient (Wildman–Crippen LogP) is 0.820. The first-order valence-corrected chi connectivity index (χ1v) is 6.70. The average Bonchev–Trinajstić information content (AvgIpc) is 2.90. The number of nitrogens with zero attached hydrogens (tertiary/aromatic N) is 3. The van der Waals surface area contributed by atoms with Crippen molar-refractivity contribution in [1.29, 1.82) is 0 Å². The molecule has 0 radical (unpaired) electrons. The van der Waals surface area contributed by atoms with Crippen molar-refractivity contribution in [3.63, 3.8) is 0 Å². The zero-order valence-electron chi connectivity index (χ0n) is 11.9. The largest absolute Gasteiger partial charge is 0.461 e. The van der Waals surface area contributed by atoms with Crippen LogP contribution < -0.4 is 0 Å². The molecular weight excluding hydrogens is 293 g/mol. The lowest BCUT2D eigenvalue weighted by molar-refractivity contribution is 0.0515. The molecule has 0 saturated heterocycles. The molecule has 1 atom stereocenters. The number of rotatable bonds is 6. The van der Waals surface area contributed by atoms with Crippen LogP contribution >= 0.6 is 0 Å². The van der Waals surface area contributed by atoms with Crippen LogP contribution in [0.5, 0.6) is 0 Å². The molecule has 1 aromatic carbocycles. The third-order valence-electron chi connectivity index (χ3n) is 3.06. The molecule has 2 N–H and O–H groups in total. The van der Waals surface area contributed by atoms with Gasteiger partial charge in [-0.15, -0.1) is 5.10 Å². The number of carbonyl (C=O) groups is 1. The summed E-state index contributed by atoms with van der Waals surface area (Å²) in [5, 5.41) is 26.9. The van der Waals surface area contributed by atoms with Gasteiger partial charge < -0.3 is 14.9 Å². The second-order valence-corrected chi connectivity index (χ2v) is 4.51. The van der Waals surface area contributed by atoms with Crippen molar-refractivity contribution in [2.45, 2.75) is 26.2 Å². The van der Waals surface area contributed by atoms with Crippen molar-refractivity contribution >= 4 is 5.97 Å². The number of aliphatic hydroxyl groups is 2. The number of esters is 1. The van der Waals surface area contributed by atoms with Crippen molar-refractivity contribution in [1.82, 2.24) is 15.0 Å². The molecule has 0 aliphatic rings. The third-order valence-corrected chi connectivity index (χ3v) is 3.06. The van der Waals surface area contributed by atoms with E-state index in [2.05, 4.69) is 10.3 Å². The van der Waals surface area contributed by atoms with Crippen molar-refractivity contribution in [3.8, 4) is 0 Å². The molecule has 118 valence electrons. The van der Waals surface area contributed by atoms with E-state index in [9.17, 15) is 19.4 Å². The molecule has 1 unspecified atom stereocenters. The molecule has 7 nitrogen and oxygen atoms in total. The Kier molecular flexibility index (Phi) is 5.18. The van der Waals surface area contributed by atoms with Crippen LogP contribution in [0, 0.1) is 5.82 Å². The molecule has 0 amide bonds. The van der Waals surface area contributed by atoms with Gasteiger partial charge in [0.05, 0.1) is 31.6 Å². The fraction of sp³-hybridized carbons (Fsp3) is 0.357. The summed E-state index contributed by atoms with van der Waals surface area (Å²) in [6.07, 6.45) is -0.984. The van der Waals surface area contributed by atoms with E-state index >= 15 is 0 Å². The minimum absolute atomic E-state index is 0.0338. The van der Waals surface area contributed by atoms with Crippen LogP contribution in [-0.4, -0.2) is 37.8 Å². The molecular formula is C14H16FN3O4. The smallest absolute Gasteiger partial charge is 0.360 e. The van der Waals surface area contributed by atoms with Gasteiger partial charge in [-0.2, -0.15) is 0 Å². The Balaban J connectivity index is 2.19.